The van der Waals surface area contributed by atoms with E-state index in [0.29, 0.717) is 0 Å². The fraction of sp³-hybridized carbons (Fsp3) is 1.00. The van der Waals surface area contributed by atoms with E-state index < -0.39 is 0 Å². The van der Waals surface area contributed by atoms with Gasteiger partial charge < -0.3 is 5.32 Å². The predicted octanol–water partition coefficient (Wildman–Crippen LogP) is 4.13. The molecule has 0 radical (unpaired) electrons. The summed E-state index contributed by atoms with van der Waals surface area (Å²) in [4.78, 5) is 0. The van der Waals surface area contributed by atoms with E-state index in [-0.39, 0.29) is 0 Å². The zero-order chi connectivity index (χ0) is 11.7. The lowest BCUT2D eigenvalue weighted by Gasteiger charge is -2.46. The maximum absolute atomic E-state index is 3.70. The molecule has 3 rings (SSSR count). The SMILES string of the molecule is CC1NCC2(CCCCC3CCCC3)CCC12. The quantitative estimate of drug-likeness (QED) is 0.707. The average molecular weight is 235 g/mol. The molecule has 0 bridgehead atoms. The van der Waals surface area contributed by atoms with Crippen molar-refractivity contribution < 1.29 is 0 Å². The fourth-order valence-corrected chi connectivity index (χ4v) is 4.83. The second kappa shape index (κ2) is 4.91. The highest BCUT2D eigenvalue weighted by Crippen LogP contribution is 2.54. The summed E-state index contributed by atoms with van der Waals surface area (Å²) in [6, 6.07) is 0.804. The lowest BCUT2D eigenvalue weighted by Crippen LogP contribution is -2.40. The highest BCUT2D eigenvalue weighted by Gasteiger charge is 2.52. The van der Waals surface area contributed by atoms with Gasteiger partial charge >= 0.3 is 0 Å². The first-order chi connectivity index (χ1) is 8.30. The summed E-state index contributed by atoms with van der Waals surface area (Å²) in [7, 11) is 0. The van der Waals surface area contributed by atoms with Gasteiger partial charge in [0.1, 0.15) is 0 Å². The van der Waals surface area contributed by atoms with Gasteiger partial charge in [0.2, 0.25) is 0 Å². The normalized spacial score (nSPS) is 41.5. The van der Waals surface area contributed by atoms with Crippen LogP contribution < -0.4 is 5.32 Å². The molecule has 2 aliphatic carbocycles. The Balaban J connectivity index is 1.37. The first-order valence-electron chi connectivity index (χ1n) is 8.04. The first kappa shape index (κ1) is 12.0. The largest absolute Gasteiger partial charge is 0.313 e. The summed E-state index contributed by atoms with van der Waals surface area (Å²) in [6.07, 6.45) is 15.2. The van der Waals surface area contributed by atoms with Gasteiger partial charge in [0.25, 0.3) is 0 Å². The van der Waals surface area contributed by atoms with Crippen molar-refractivity contribution >= 4 is 0 Å². The van der Waals surface area contributed by atoms with Gasteiger partial charge in [-0.3, -0.25) is 0 Å². The Hall–Kier alpha value is -0.0400. The van der Waals surface area contributed by atoms with Crippen molar-refractivity contribution in [3.8, 4) is 0 Å². The zero-order valence-electron chi connectivity index (χ0n) is 11.5. The maximum atomic E-state index is 3.70. The van der Waals surface area contributed by atoms with Gasteiger partial charge in [-0.1, -0.05) is 44.9 Å². The highest BCUT2D eigenvalue weighted by molar-refractivity contribution is 5.06. The fourth-order valence-electron chi connectivity index (χ4n) is 4.83. The first-order valence-corrected chi connectivity index (χ1v) is 8.04. The molecule has 1 nitrogen and oxygen atoms in total. The Morgan fingerprint density at radius 3 is 2.59 bits per heavy atom. The molecule has 1 saturated heterocycles. The summed E-state index contributed by atoms with van der Waals surface area (Å²) >= 11 is 0. The Kier molecular flexibility index (Phi) is 3.47. The number of unbranched alkanes of at least 4 members (excludes halogenated alkanes) is 1. The molecule has 1 heterocycles. The minimum absolute atomic E-state index is 0.745. The van der Waals surface area contributed by atoms with Crippen LogP contribution in [-0.4, -0.2) is 12.6 Å². The van der Waals surface area contributed by atoms with E-state index in [1.165, 1.54) is 70.8 Å². The molecule has 98 valence electrons. The molecule has 1 aliphatic heterocycles. The summed E-state index contributed by atoms with van der Waals surface area (Å²) in [5.41, 5.74) is 0.745. The summed E-state index contributed by atoms with van der Waals surface area (Å²) < 4.78 is 0. The Labute approximate surface area is 107 Å². The van der Waals surface area contributed by atoms with Crippen molar-refractivity contribution in [1.29, 1.82) is 0 Å². The number of rotatable bonds is 5. The molecule has 0 aromatic heterocycles. The molecule has 17 heavy (non-hydrogen) atoms. The lowest BCUT2D eigenvalue weighted by atomic mass is 9.58. The smallest absolute Gasteiger partial charge is 0.00730 e. The Bertz CT molecular complexity index is 256. The van der Waals surface area contributed by atoms with E-state index >= 15 is 0 Å². The molecule has 0 aromatic rings. The van der Waals surface area contributed by atoms with E-state index in [9.17, 15) is 0 Å². The van der Waals surface area contributed by atoms with Crippen LogP contribution in [0.25, 0.3) is 0 Å². The van der Waals surface area contributed by atoms with Crippen molar-refractivity contribution in [2.75, 3.05) is 6.54 Å². The molecule has 3 atom stereocenters. The van der Waals surface area contributed by atoms with Crippen LogP contribution in [0.15, 0.2) is 0 Å². The van der Waals surface area contributed by atoms with Gasteiger partial charge in [-0.2, -0.15) is 0 Å². The predicted molar refractivity (Wildman–Crippen MR) is 73.0 cm³/mol. The molecule has 0 spiro atoms. The molecule has 2 saturated carbocycles. The van der Waals surface area contributed by atoms with Gasteiger partial charge in [-0.25, -0.2) is 0 Å². The van der Waals surface area contributed by atoms with Crippen molar-refractivity contribution in [2.45, 2.75) is 77.2 Å². The lowest BCUT2D eigenvalue weighted by molar-refractivity contribution is 0.0571. The second-order valence-corrected chi connectivity index (χ2v) is 7.07. The third-order valence-electron chi connectivity index (χ3n) is 6.13. The van der Waals surface area contributed by atoms with Crippen molar-refractivity contribution in [3.05, 3.63) is 0 Å². The monoisotopic (exact) mass is 235 g/mol. The molecule has 0 aromatic carbocycles. The summed E-state index contributed by atoms with van der Waals surface area (Å²) in [5, 5.41) is 3.70. The van der Waals surface area contributed by atoms with Crippen LogP contribution in [0.2, 0.25) is 0 Å². The van der Waals surface area contributed by atoms with Gasteiger partial charge in [-0.05, 0) is 43.4 Å². The summed E-state index contributed by atoms with van der Waals surface area (Å²) in [6.45, 7) is 3.71. The molecule has 3 aliphatic rings. The average Bonchev–Trinajstić information content (AvgIpc) is 2.85. The third kappa shape index (κ3) is 2.28. The summed E-state index contributed by atoms with van der Waals surface area (Å²) in [5.74, 6) is 2.12. The van der Waals surface area contributed by atoms with Gasteiger partial charge in [0.15, 0.2) is 0 Å². The number of nitrogens with one attached hydrogen (secondary N) is 1. The molecular formula is C16H29N. The minimum Gasteiger partial charge on any atom is -0.313 e. The van der Waals surface area contributed by atoms with Crippen LogP contribution in [-0.2, 0) is 0 Å². The van der Waals surface area contributed by atoms with Crippen LogP contribution >= 0.6 is 0 Å². The van der Waals surface area contributed by atoms with Crippen molar-refractivity contribution in [2.24, 2.45) is 17.3 Å². The van der Waals surface area contributed by atoms with Gasteiger partial charge in [0.05, 0.1) is 0 Å². The topological polar surface area (TPSA) is 12.0 Å². The van der Waals surface area contributed by atoms with Crippen LogP contribution in [0.3, 0.4) is 0 Å². The number of hydrogen-bond donors (Lipinski definition) is 1. The van der Waals surface area contributed by atoms with Crippen LogP contribution in [0.4, 0.5) is 0 Å². The van der Waals surface area contributed by atoms with E-state index in [1.54, 1.807) is 0 Å². The van der Waals surface area contributed by atoms with Gasteiger partial charge in [-0.15, -0.1) is 0 Å². The number of fused-ring (bicyclic) bond motifs is 1. The Morgan fingerprint density at radius 1 is 1.12 bits per heavy atom. The zero-order valence-corrected chi connectivity index (χ0v) is 11.5. The maximum Gasteiger partial charge on any atom is 0.00730 e. The molecule has 0 amide bonds. The van der Waals surface area contributed by atoms with Crippen LogP contribution in [0.1, 0.15) is 71.1 Å². The minimum atomic E-state index is 0.745. The van der Waals surface area contributed by atoms with E-state index in [4.69, 9.17) is 0 Å². The van der Waals surface area contributed by atoms with Crippen molar-refractivity contribution in [1.82, 2.24) is 5.32 Å². The molecule has 1 N–H and O–H groups in total. The van der Waals surface area contributed by atoms with Gasteiger partial charge in [0, 0.05) is 12.6 Å². The molecular weight excluding hydrogens is 206 g/mol. The highest BCUT2D eigenvalue weighted by atomic mass is 15.0. The molecule has 1 heteroatoms. The molecule has 3 unspecified atom stereocenters. The standard InChI is InChI=1S/C16H29N/c1-13-15-9-11-16(15,12-17-13)10-5-4-8-14-6-2-3-7-14/h13-15,17H,2-12H2,1H3. The van der Waals surface area contributed by atoms with Crippen LogP contribution in [0, 0.1) is 17.3 Å². The molecule has 3 fully saturated rings. The second-order valence-electron chi connectivity index (χ2n) is 7.07. The third-order valence-corrected chi connectivity index (χ3v) is 6.13. The van der Waals surface area contributed by atoms with E-state index in [1.807, 2.05) is 0 Å². The van der Waals surface area contributed by atoms with E-state index in [0.717, 1.165) is 23.3 Å². The number of hydrogen-bond acceptors (Lipinski definition) is 1. The van der Waals surface area contributed by atoms with Crippen LogP contribution in [0.5, 0.6) is 0 Å². The van der Waals surface area contributed by atoms with E-state index in [2.05, 4.69) is 12.2 Å². The van der Waals surface area contributed by atoms with Crippen molar-refractivity contribution in [3.63, 3.8) is 0 Å². The Morgan fingerprint density at radius 2 is 1.94 bits per heavy atom.